The summed E-state index contributed by atoms with van der Waals surface area (Å²) in [7, 11) is 0. The van der Waals surface area contributed by atoms with Crippen molar-refractivity contribution >= 4 is 11.6 Å². The summed E-state index contributed by atoms with van der Waals surface area (Å²) in [6.07, 6.45) is -6.56. The van der Waals surface area contributed by atoms with Crippen LogP contribution in [0.5, 0.6) is 17.2 Å². The molecule has 0 fully saturated rings. The van der Waals surface area contributed by atoms with Gasteiger partial charge in [0.25, 0.3) is 0 Å². The summed E-state index contributed by atoms with van der Waals surface area (Å²) in [5, 5.41) is 0. The second kappa shape index (κ2) is 9.81. The molecular weight excluding hydrogens is 453 g/mol. The first-order valence-electron chi connectivity index (χ1n) is 9.35. The molecule has 0 aliphatic heterocycles. The minimum atomic E-state index is -4.95. The van der Waals surface area contributed by atoms with E-state index in [1.807, 2.05) is 0 Å². The number of hydrogen-bond acceptors (Lipinski definition) is 2. The van der Waals surface area contributed by atoms with Crippen molar-refractivity contribution in [2.45, 2.75) is 12.5 Å². The standard InChI is InChI=1S/C24H15F7O2/c25-21-14-9-16(15-22(21)32-18-6-2-1-3-7-18)5-4-8-20(23(26,27)28)17-10-12-19(13-11-17)33-24(29,30)31/h1-15H/b5-4-,20-8+. The van der Waals surface area contributed by atoms with E-state index in [-0.39, 0.29) is 11.3 Å². The maximum atomic E-state index is 14.0. The Morgan fingerprint density at radius 3 is 2.03 bits per heavy atom. The highest BCUT2D eigenvalue weighted by atomic mass is 19.4. The van der Waals surface area contributed by atoms with Crippen LogP contribution in [0.3, 0.4) is 0 Å². The lowest BCUT2D eigenvalue weighted by molar-refractivity contribution is -0.274. The van der Waals surface area contributed by atoms with Gasteiger partial charge in [-0.25, -0.2) is 4.39 Å². The third-order valence-corrected chi connectivity index (χ3v) is 4.18. The summed E-state index contributed by atoms with van der Waals surface area (Å²) in [6.45, 7) is 0. The van der Waals surface area contributed by atoms with Gasteiger partial charge in [0, 0.05) is 0 Å². The number of rotatable bonds is 6. The zero-order valence-corrected chi connectivity index (χ0v) is 16.6. The highest BCUT2D eigenvalue weighted by molar-refractivity contribution is 5.72. The second-order valence-electron chi connectivity index (χ2n) is 6.61. The molecule has 0 aromatic heterocycles. The molecule has 0 N–H and O–H groups in total. The number of allylic oxidation sites excluding steroid dienone is 3. The van der Waals surface area contributed by atoms with Crippen LogP contribution in [0.15, 0.2) is 84.9 Å². The van der Waals surface area contributed by atoms with Gasteiger partial charge in [-0.2, -0.15) is 13.2 Å². The van der Waals surface area contributed by atoms with E-state index in [0.29, 0.717) is 11.3 Å². The van der Waals surface area contributed by atoms with Crippen LogP contribution < -0.4 is 9.47 Å². The molecule has 0 spiro atoms. The smallest absolute Gasteiger partial charge is 0.454 e. The van der Waals surface area contributed by atoms with Crippen LogP contribution in [-0.2, 0) is 0 Å². The monoisotopic (exact) mass is 468 g/mol. The maximum Gasteiger partial charge on any atom is 0.573 e. The summed E-state index contributed by atoms with van der Waals surface area (Å²) < 4.78 is 100. The fourth-order valence-electron chi connectivity index (χ4n) is 2.76. The summed E-state index contributed by atoms with van der Waals surface area (Å²) in [5.41, 5.74) is -1.07. The van der Waals surface area contributed by atoms with Crippen LogP contribution in [0.25, 0.3) is 11.6 Å². The van der Waals surface area contributed by atoms with E-state index in [1.165, 1.54) is 18.2 Å². The molecule has 0 saturated carbocycles. The van der Waals surface area contributed by atoms with Crippen LogP contribution in [0, 0.1) is 5.82 Å². The van der Waals surface area contributed by atoms with Gasteiger partial charge in [-0.1, -0.05) is 48.6 Å². The van der Waals surface area contributed by atoms with E-state index < -0.39 is 29.7 Å². The first kappa shape index (κ1) is 23.9. The maximum absolute atomic E-state index is 14.0. The Hall–Kier alpha value is -3.75. The molecule has 3 rings (SSSR count). The summed E-state index contributed by atoms with van der Waals surface area (Å²) in [6, 6.07) is 15.5. The van der Waals surface area contributed by atoms with Gasteiger partial charge in [-0.3, -0.25) is 0 Å². The van der Waals surface area contributed by atoms with E-state index in [0.717, 1.165) is 42.5 Å². The van der Waals surface area contributed by atoms with Crippen LogP contribution in [0.4, 0.5) is 30.7 Å². The second-order valence-corrected chi connectivity index (χ2v) is 6.61. The SMILES string of the molecule is Fc1ccc(/C=C\C=C(/c2ccc(OC(F)(F)F)cc2)C(F)(F)F)cc1Oc1ccccc1. The van der Waals surface area contributed by atoms with E-state index in [9.17, 15) is 30.7 Å². The van der Waals surface area contributed by atoms with Gasteiger partial charge in [-0.15, -0.1) is 13.2 Å². The van der Waals surface area contributed by atoms with Gasteiger partial charge in [0.2, 0.25) is 0 Å². The molecule has 3 aromatic rings. The molecule has 172 valence electrons. The largest absolute Gasteiger partial charge is 0.573 e. The summed E-state index contributed by atoms with van der Waals surface area (Å²) in [4.78, 5) is 0. The molecule has 3 aromatic carbocycles. The molecule has 0 atom stereocenters. The zero-order valence-electron chi connectivity index (χ0n) is 16.6. The van der Waals surface area contributed by atoms with E-state index in [1.54, 1.807) is 30.3 Å². The predicted octanol–water partition coefficient (Wildman–Crippen LogP) is 8.18. The molecule has 0 amide bonds. The molecule has 9 heteroatoms. The van der Waals surface area contributed by atoms with Crippen molar-refractivity contribution in [3.05, 3.63) is 102 Å². The normalized spacial score (nSPS) is 12.8. The van der Waals surface area contributed by atoms with Crippen molar-refractivity contribution in [2.24, 2.45) is 0 Å². The Morgan fingerprint density at radius 1 is 0.758 bits per heavy atom. The quantitative estimate of drug-likeness (QED) is 0.268. The lowest BCUT2D eigenvalue weighted by atomic mass is 10.0. The Labute approximate surface area is 184 Å². The first-order valence-corrected chi connectivity index (χ1v) is 9.35. The number of benzene rings is 3. The molecule has 0 bridgehead atoms. The Bertz CT molecular complexity index is 1130. The Kier molecular flexibility index (Phi) is 7.10. The molecule has 0 heterocycles. The van der Waals surface area contributed by atoms with E-state index >= 15 is 0 Å². The average molecular weight is 468 g/mol. The van der Waals surface area contributed by atoms with Crippen LogP contribution >= 0.6 is 0 Å². The number of halogens is 7. The lowest BCUT2D eigenvalue weighted by Crippen LogP contribution is -2.17. The summed E-state index contributed by atoms with van der Waals surface area (Å²) in [5.74, 6) is -1.01. The number of alkyl halides is 6. The molecule has 0 saturated heterocycles. The van der Waals surface area contributed by atoms with Gasteiger partial charge < -0.3 is 9.47 Å². The van der Waals surface area contributed by atoms with Crippen molar-refractivity contribution in [3.63, 3.8) is 0 Å². The van der Waals surface area contributed by atoms with E-state index in [4.69, 9.17) is 4.74 Å². The molecule has 0 aliphatic rings. The minimum Gasteiger partial charge on any atom is -0.454 e. The summed E-state index contributed by atoms with van der Waals surface area (Å²) >= 11 is 0. The first-order chi connectivity index (χ1) is 15.5. The predicted molar refractivity (Wildman–Crippen MR) is 109 cm³/mol. The molecule has 0 aliphatic carbocycles. The van der Waals surface area contributed by atoms with Crippen LogP contribution in [0.2, 0.25) is 0 Å². The third-order valence-electron chi connectivity index (χ3n) is 4.18. The van der Waals surface area contributed by atoms with Gasteiger partial charge >= 0.3 is 12.5 Å². The van der Waals surface area contributed by atoms with Gasteiger partial charge in [0.05, 0.1) is 5.57 Å². The Morgan fingerprint density at radius 2 is 1.42 bits per heavy atom. The Balaban J connectivity index is 1.82. The highest BCUT2D eigenvalue weighted by Crippen LogP contribution is 2.35. The molecule has 0 radical (unpaired) electrons. The van der Waals surface area contributed by atoms with Crippen molar-refractivity contribution in [3.8, 4) is 17.2 Å². The molecular formula is C24H15F7O2. The number of ether oxygens (including phenoxy) is 2. The molecule has 2 nitrogen and oxygen atoms in total. The van der Waals surface area contributed by atoms with Crippen LogP contribution in [-0.4, -0.2) is 12.5 Å². The highest BCUT2D eigenvalue weighted by Gasteiger charge is 2.35. The van der Waals surface area contributed by atoms with Crippen molar-refractivity contribution < 1.29 is 40.2 Å². The van der Waals surface area contributed by atoms with Gasteiger partial charge in [0.15, 0.2) is 11.6 Å². The number of hydrogen-bond donors (Lipinski definition) is 0. The average Bonchev–Trinajstić information content (AvgIpc) is 2.73. The fourth-order valence-corrected chi connectivity index (χ4v) is 2.76. The van der Waals surface area contributed by atoms with Gasteiger partial charge in [0.1, 0.15) is 11.5 Å². The lowest BCUT2D eigenvalue weighted by Gasteiger charge is -2.13. The molecule has 0 unspecified atom stereocenters. The van der Waals surface area contributed by atoms with Crippen LogP contribution in [0.1, 0.15) is 11.1 Å². The minimum absolute atomic E-state index is 0.108. The van der Waals surface area contributed by atoms with Crippen molar-refractivity contribution in [2.75, 3.05) is 0 Å². The number of para-hydroxylation sites is 1. The van der Waals surface area contributed by atoms with E-state index in [2.05, 4.69) is 4.74 Å². The van der Waals surface area contributed by atoms with Crippen molar-refractivity contribution in [1.82, 2.24) is 0 Å². The molecule has 33 heavy (non-hydrogen) atoms. The zero-order chi connectivity index (χ0) is 24.1. The fraction of sp³-hybridized carbons (Fsp3) is 0.0833. The van der Waals surface area contributed by atoms with Gasteiger partial charge in [-0.05, 0) is 53.6 Å². The van der Waals surface area contributed by atoms with Crippen molar-refractivity contribution in [1.29, 1.82) is 0 Å². The topological polar surface area (TPSA) is 18.5 Å². The third kappa shape index (κ3) is 7.13.